The molecule has 2 aromatic rings. The summed E-state index contributed by atoms with van der Waals surface area (Å²) in [6, 6.07) is 12.2. The number of carboxylic acids is 1. The van der Waals surface area contributed by atoms with Crippen LogP contribution in [0.5, 0.6) is 5.75 Å². The summed E-state index contributed by atoms with van der Waals surface area (Å²) in [5, 5.41) is 13.4. The summed E-state index contributed by atoms with van der Waals surface area (Å²) in [5.41, 5.74) is 1.59. The third-order valence-electron chi connectivity index (χ3n) is 3.85. The van der Waals surface area contributed by atoms with Crippen LogP contribution in [0.3, 0.4) is 0 Å². The molecule has 134 valence electrons. The molecule has 2 N–H and O–H groups in total. The zero-order valence-corrected chi connectivity index (χ0v) is 15.6. The summed E-state index contributed by atoms with van der Waals surface area (Å²) in [5.74, 6) is -0.220. The van der Waals surface area contributed by atoms with Crippen molar-refractivity contribution in [3.63, 3.8) is 0 Å². The number of para-hydroxylation sites is 1. The first-order valence-corrected chi connectivity index (χ1v) is 8.75. The lowest BCUT2D eigenvalue weighted by molar-refractivity contribution is -0.140. The Morgan fingerprint density at radius 2 is 1.76 bits per heavy atom. The van der Waals surface area contributed by atoms with Crippen molar-refractivity contribution < 1.29 is 14.6 Å². The molecule has 25 heavy (non-hydrogen) atoms. The fourth-order valence-electron chi connectivity index (χ4n) is 2.44. The molecule has 0 aliphatic carbocycles. The highest BCUT2D eigenvalue weighted by molar-refractivity contribution is 6.35. The third-order valence-corrected chi connectivity index (χ3v) is 4.56. The predicted octanol–water partition coefficient (Wildman–Crippen LogP) is 4.77. The van der Waals surface area contributed by atoms with Gasteiger partial charge in [0.15, 0.2) is 0 Å². The standard InChI is InChI=1S/C19H21Cl2NO3/c1-12(2)18(19(23)24)22-10-13-6-3-4-9-17(13)25-11-14-15(20)7-5-8-16(14)21/h3-9,12,18,22H,10-11H2,1-2H3,(H,23,24). The van der Waals surface area contributed by atoms with Gasteiger partial charge < -0.3 is 9.84 Å². The Kier molecular flexibility index (Phi) is 7.12. The Morgan fingerprint density at radius 1 is 1.12 bits per heavy atom. The Hall–Kier alpha value is -1.75. The molecule has 4 nitrogen and oxygen atoms in total. The maximum Gasteiger partial charge on any atom is 0.320 e. The topological polar surface area (TPSA) is 58.6 Å². The molecule has 0 saturated carbocycles. The van der Waals surface area contributed by atoms with Crippen molar-refractivity contribution in [1.29, 1.82) is 0 Å². The van der Waals surface area contributed by atoms with E-state index < -0.39 is 12.0 Å². The van der Waals surface area contributed by atoms with Crippen molar-refractivity contribution in [3.05, 3.63) is 63.6 Å². The first kappa shape index (κ1) is 19.6. The lowest BCUT2D eigenvalue weighted by Gasteiger charge is -2.19. The Bertz CT molecular complexity index is 714. The number of carbonyl (C=O) groups is 1. The fraction of sp³-hybridized carbons (Fsp3) is 0.316. The van der Waals surface area contributed by atoms with E-state index in [-0.39, 0.29) is 12.5 Å². The van der Waals surface area contributed by atoms with Crippen LogP contribution in [-0.2, 0) is 17.9 Å². The van der Waals surface area contributed by atoms with E-state index in [0.29, 0.717) is 22.3 Å². The predicted molar refractivity (Wildman–Crippen MR) is 100 cm³/mol. The molecule has 0 spiro atoms. The van der Waals surface area contributed by atoms with E-state index in [0.717, 1.165) is 11.1 Å². The van der Waals surface area contributed by atoms with Gasteiger partial charge in [-0.1, -0.05) is 61.3 Å². The van der Waals surface area contributed by atoms with Crippen LogP contribution in [0, 0.1) is 5.92 Å². The number of benzene rings is 2. The second-order valence-corrected chi connectivity index (χ2v) is 6.85. The highest BCUT2D eigenvalue weighted by Gasteiger charge is 2.21. The molecule has 1 atom stereocenters. The highest BCUT2D eigenvalue weighted by atomic mass is 35.5. The summed E-state index contributed by atoms with van der Waals surface area (Å²) in [6.45, 7) is 4.37. The van der Waals surface area contributed by atoms with Crippen molar-refractivity contribution in [1.82, 2.24) is 5.32 Å². The van der Waals surface area contributed by atoms with Gasteiger partial charge in [-0.15, -0.1) is 0 Å². The largest absolute Gasteiger partial charge is 0.488 e. The second-order valence-electron chi connectivity index (χ2n) is 6.04. The van der Waals surface area contributed by atoms with Gasteiger partial charge in [-0.05, 0) is 24.1 Å². The van der Waals surface area contributed by atoms with Gasteiger partial charge in [-0.2, -0.15) is 0 Å². The monoisotopic (exact) mass is 381 g/mol. The van der Waals surface area contributed by atoms with Crippen molar-refractivity contribution in [2.75, 3.05) is 0 Å². The molecular weight excluding hydrogens is 361 g/mol. The molecule has 6 heteroatoms. The first-order chi connectivity index (χ1) is 11.9. The summed E-state index contributed by atoms with van der Waals surface area (Å²) in [7, 11) is 0. The molecule has 1 unspecified atom stereocenters. The van der Waals surface area contributed by atoms with Gasteiger partial charge >= 0.3 is 5.97 Å². The number of rotatable bonds is 8. The number of nitrogens with one attached hydrogen (secondary N) is 1. The summed E-state index contributed by atoms with van der Waals surface area (Å²) in [4.78, 5) is 11.3. The van der Waals surface area contributed by atoms with Crippen LogP contribution >= 0.6 is 23.2 Å². The van der Waals surface area contributed by atoms with E-state index in [1.54, 1.807) is 18.2 Å². The molecule has 2 rings (SSSR count). The van der Waals surface area contributed by atoms with E-state index in [2.05, 4.69) is 5.32 Å². The quantitative estimate of drug-likeness (QED) is 0.691. The Balaban J connectivity index is 2.09. The molecule has 2 aromatic carbocycles. The van der Waals surface area contributed by atoms with Crippen LogP contribution in [0.4, 0.5) is 0 Å². The lowest BCUT2D eigenvalue weighted by Crippen LogP contribution is -2.40. The fourth-order valence-corrected chi connectivity index (χ4v) is 2.95. The van der Waals surface area contributed by atoms with E-state index in [1.165, 1.54) is 0 Å². The first-order valence-electron chi connectivity index (χ1n) is 8.00. The molecular formula is C19H21Cl2NO3. The number of aliphatic carboxylic acids is 1. The van der Waals surface area contributed by atoms with E-state index >= 15 is 0 Å². The van der Waals surface area contributed by atoms with Gasteiger partial charge in [-0.25, -0.2) is 0 Å². The van der Waals surface area contributed by atoms with Gasteiger partial charge in [0.05, 0.1) is 0 Å². The summed E-state index contributed by atoms with van der Waals surface area (Å²) >= 11 is 12.3. The number of hydrogen-bond donors (Lipinski definition) is 2. The van der Waals surface area contributed by atoms with Gasteiger partial charge in [0.1, 0.15) is 18.4 Å². The average Bonchev–Trinajstić information content (AvgIpc) is 2.55. The van der Waals surface area contributed by atoms with E-state index in [4.69, 9.17) is 27.9 Å². The van der Waals surface area contributed by atoms with Crippen LogP contribution in [0.2, 0.25) is 10.0 Å². The van der Waals surface area contributed by atoms with E-state index in [9.17, 15) is 9.90 Å². The van der Waals surface area contributed by atoms with Crippen LogP contribution in [0.1, 0.15) is 25.0 Å². The summed E-state index contributed by atoms with van der Waals surface area (Å²) < 4.78 is 5.88. The average molecular weight is 382 g/mol. The molecule has 0 aliphatic heterocycles. The maximum absolute atomic E-state index is 11.3. The van der Waals surface area contributed by atoms with Crippen molar-refractivity contribution in [2.24, 2.45) is 5.92 Å². The summed E-state index contributed by atoms with van der Waals surface area (Å²) in [6.07, 6.45) is 0. The number of halogens is 2. The minimum Gasteiger partial charge on any atom is -0.488 e. The minimum absolute atomic E-state index is 0.0208. The number of carboxylic acid groups (broad SMARTS) is 1. The van der Waals surface area contributed by atoms with E-state index in [1.807, 2.05) is 38.1 Å². The highest BCUT2D eigenvalue weighted by Crippen LogP contribution is 2.27. The molecule has 0 amide bonds. The molecule has 0 bridgehead atoms. The smallest absolute Gasteiger partial charge is 0.320 e. The van der Waals surface area contributed by atoms with Crippen LogP contribution in [-0.4, -0.2) is 17.1 Å². The van der Waals surface area contributed by atoms with Gasteiger partial charge in [0, 0.05) is 27.7 Å². The molecule has 0 aliphatic rings. The second kappa shape index (κ2) is 9.09. The molecule has 0 radical (unpaired) electrons. The number of ether oxygens (including phenoxy) is 1. The zero-order valence-electron chi connectivity index (χ0n) is 14.1. The lowest BCUT2D eigenvalue weighted by atomic mass is 10.0. The molecule has 0 aromatic heterocycles. The van der Waals surface area contributed by atoms with Crippen molar-refractivity contribution >= 4 is 29.2 Å². The zero-order chi connectivity index (χ0) is 18.4. The normalized spacial score (nSPS) is 12.2. The van der Waals surface area contributed by atoms with Gasteiger partial charge in [0.2, 0.25) is 0 Å². The van der Waals surface area contributed by atoms with Crippen molar-refractivity contribution in [3.8, 4) is 5.75 Å². The van der Waals surface area contributed by atoms with Gasteiger partial charge in [-0.3, -0.25) is 10.1 Å². The van der Waals surface area contributed by atoms with Crippen LogP contribution in [0.25, 0.3) is 0 Å². The molecule has 0 fully saturated rings. The SMILES string of the molecule is CC(C)C(NCc1ccccc1OCc1c(Cl)cccc1Cl)C(=O)O. The maximum atomic E-state index is 11.3. The third kappa shape index (κ3) is 5.36. The van der Waals surface area contributed by atoms with Gasteiger partial charge in [0.25, 0.3) is 0 Å². The van der Waals surface area contributed by atoms with Crippen LogP contribution in [0.15, 0.2) is 42.5 Å². The minimum atomic E-state index is -0.865. The van der Waals surface area contributed by atoms with Crippen LogP contribution < -0.4 is 10.1 Å². The molecule has 0 saturated heterocycles. The van der Waals surface area contributed by atoms with Crippen molar-refractivity contribution in [2.45, 2.75) is 33.0 Å². The Labute approximate surface area is 157 Å². The number of hydrogen-bond acceptors (Lipinski definition) is 3. The Morgan fingerprint density at radius 3 is 2.36 bits per heavy atom. The molecule has 0 heterocycles.